The Labute approximate surface area is 186 Å². The fraction of sp³-hybridized carbons (Fsp3) is 0.280. The average molecular weight is 435 g/mol. The topological polar surface area (TPSA) is 58.6 Å². The molecule has 3 aromatic rings. The van der Waals surface area contributed by atoms with Crippen molar-refractivity contribution in [3.05, 3.63) is 66.2 Å². The van der Waals surface area contributed by atoms with Crippen LogP contribution in [-0.4, -0.2) is 37.3 Å². The average Bonchev–Trinajstić information content (AvgIpc) is 3.32. The lowest BCUT2D eigenvalue weighted by atomic mass is 10.1. The SMILES string of the molecule is Cc1cc(N2CCCC2)ccc1NC(=O)COC(=O)CSc1ccc2ccccc2c1. The summed E-state index contributed by atoms with van der Waals surface area (Å²) in [6.45, 7) is 3.85. The molecule has 0 radical (unpaired) electrons. The number of anilines is 2. The number of hydrogen-bond acceptors (Lipinski definition) is 5. The summed E-state index contributed by atoms with van der Waals surface area (Å²) in [6, 6.07) is 20.2. The van der Waals surface area contributed by atoms with E-state index in [-0.39, 0.29) is 18.3 Å². The summed E-state index contributed by atoms with van der Waals surface area (Å²) >= 11 is 1.40. The number of rotatable bonds is 7. The zero-order valence-corrected chi connectivity index (χ0v) is 18.4. The molecular formula is C25H26N2O3S. The maximum absolute atomic E-state index is 12.2. The summed E-state index contributed by atoms with van der Waals surface area (Å²) in [5.41, 5.74) is 2.93. The molecule has 0 saturated carbocycles. The van der Waals surface area contributed by atoms with E-state index in [4.69, 9.17) is 4.74 Å². The van der Waals surface area contributed by atoms with E-state index in [9.17, 15) is 9.59 Å². The highest BCUT2D eigenvalue weighted by atomic mass is 32.2. The second kappa shape index (κ2) is 9.88. The number of amides is 1. The van der Waals surface area contributed by atoms with E-state index in [1.54, 1.807) is 0 Å². The Morgan fingerprint density at radius 1 is 1.00 bits per heavy atom. The number of benzene rings is 3. The number of carbonyl (C=O) groups is 2. The molecule has 160 valence electrons. The number of fused-ring (bicyclic) bond motifs is 1. The molecular weight excluding hydrogens is 408 g/mol. The number of hydrogen-bond donors (Lipinski definition) is 1. The smallest absolute Gasteiger partial charge is 0.316 e. The molecule has 5 nitrogen and oxygen atoms in total. The van der Waals surface area contributed by atoms with Crippen LogP contribution in [0.15, 0.2) is 65.6 Å². The molecule has 0 spiro atoms. The standard InChI is InChI=1S/C25H26N2O3S/c1-18-14-21(27-12-4-5-13-27)9-11-23(18)26-24(28)16-30-25(29)17-31-22-10-8-19-6-2-3-7-20(19)15-22/h2-3,6-11,14-15H,4-5,12-13,16-17H2,1H3,(H,26,28). The molecule has 31 heavy (non-hydrogen) atoms. The normalized spacial score (nSPS) is 13.4. The van der Waals surface area contributed by atoms with E-state index in [1.807, 2.05) is 49.4 Å². The predicted octanol–water partition coefficient (Wildman–Crippen LogP) is 5.02. The number of nitrogens with one attached hydrogen (secondary N) is 1. The zero-order valence-electron chi connectivity index (χ0n) is 17.6. The molecule has 1 N–H and O–H groups in total. The second-order valence-electron chi connectivity index (χ2n) is 7.70. The third kappa shape index (κ3) is 5.58. The van der Waals surface area contributed by atoms with Gasteiger partial charge in [-0.3, -0.25) is 9.59 Å². The van der Waals surface area contributed by atoms with Crippen LogP contribution in [0.25, 0.3) is 10.8 Å². The van der Waals surface area contributed by atoms with Gasteiger partial charge >= 0.3 is 5.97 Å². The first-order valence-corrected chi connectivity index (χ1v) is 11.5. The quantitative estimate of drug-likeness (QED) is 0.418. The van der Waals surface area contributed by atoms with Gasteiger partial charge in [-0.1, -0.05) is 30.3 Å². The summed E-state index contributed by atoms with van der Waals surface area (Å²) in [7, 11) is 0. The second-order valence-corrected chi connectivity index (χ2v) is 8.75. The number of esters is 1. The Balaban J connectivity index is 1.24. The Hall–Kier alpha value is -2.99. The minimum absolute atomic E-state index is 0.162. The molecule has 0 atom stereocenters. The van der Waals surface area contributed by atoms with Crippen molar-refractivity contribution in [3.8, 4) is 0 Å². The largest absolute Gasteiger partial charge is 0.455 e. The molecule has 0 unspecified atom stereocenters. The van der Waals surface area contributed by atoms with Crippen LogP contribution in [0.3, 0.4) is 0 Å². The molecule has 0 aromatic heterocycles. The van der Waals surface area contributed by atoms with E-state index in [1.165, 1.54) is 30.3 Å². The number of ether oxygens (including phenoxy) is 1. The van der Waals surface area contributed by atoms with Crippen molar-refractivity contribution in [2.45, 2.75) is 24.7 Å². The zero-order chi connectivity index (χ0) is 21.6. The number of aryl methyl sites for hydroxylation is 1. The molecule has 1 fully saturated rings. The van der Waals surface area contributed by atoms with Crippen LogP contribution >= 0.6 is 11.8 Å². The minimum atomic E-state index is -0.408. The van der Waals surface area contributed by atoms with Gasteiger partial charge in [0.15, 0.2) is 6.61 Å². The van der Waals surface area contributed by atoms with Gasteiger partial charge in [0.05, 0.1) is 5.75 Å². The van der Waals surface area contributed by atoms with Crippen molar-refractivity contribution >= 4 is 45.8 Å². The summed E-state index contributed by atoms with van der Waals surface area (Å²) in [5, 5.41) is 5.13. The van der Waals surface area contributed by atoms with Crippen LogP contribution in [0.4, 0.5) is 11.4 Å². The van der Waals surface area contributed by atoms with Crippen LogP contribution in [0.2, 0.25) is 0 Å². The Kier molecular flexibility index (Phi) is 6.77. The molecule has 0 aliphatic carbocycles. The molecule has 0 bridgehead atoms. The van der Waals surface area contributed by atoms with E-state index >= 15 is 0 Å². The van der Waals surface area contributed by atoms with Crippen LogP contribution in [0.1, 0.15) is 18.4 Å². The highest BCUT2D eigenvalue weighted by Gasteiger charge is 2.14. The number of carbonyl (C=O) groups excluding carboxylic acids is 2. The number of thioether (sulfide) groups is 1. The highest BCUT2D eigenvalue weighted by Crippen LogP contribution is 2.26. The molecule has 4 rings (SSSR count). The van der Waals surface area contributed by atoms with Crippen molar-refractivity contribution in [2.75, 3.05) is 35.7 Å². The Morgan fingerprint density at radius 3 is 2.55 bits per heavy atom. The summed E-state index contributed by atoms with van der Waals surface area (Å²) in [5.74, 6) is -0.578. The van der Waals surface area contributed by atoms with Gasteiger partial charge < -0.3 is 15.0 Å². The molecule has 3 aromatic carbocycles. The van der Waals surface area contributed by atoms with Gasteiger partial charge in [0.2, 0.25) is 0 Å². The Bertz CT molecular complexity index is 1090. The first kappa shape index (κ1) is 21.2. The van der Waals surface area contributed by atoms with Crippen LogP contribution < -0.4 is 10.2 Å². The van der Waals surface area contributed by atoms with Crippen LogP contribution in [0.5, 0.6) is 0 Å². The lowest BCUT2D eigenvalue weighted by Crippen LogP contribution is -2.22. The summed E-state index contributed by atoms with van der Waals surface area (Å²) < 4.78 is 5.15. The Morgan fingerprint density at radius 2 is 1.77 bits per heavy atom. The van der Waals surface area contributed by atoms with Gasteiger partial charge in [-0.25, -0.2) is 0 Å². The maximum Gasteiger partial charge on any atom is 0.316 e. The van der Waals surface area contributed by atoms with Crippen molar-refractivity contribution in [3.63, 3.8) is 0 Å². The molecule has 1 heterocycles. The fourth-order valence-electron chi connectivity index (χ4n) is 3.73. The molecule has 1 aliphatic rings. The van der Waals surface area contributed by atoms with Crippen molar-refractivity contribution in [2.24, 2.45) is 0 Å². The minimum Gasteiger partial charge on any atom is -0.455 e. The lowest BCUT2D eigenvalue weighted by Gasteiger charge is -2.19. The third-order valence-corrected chi connectivity index (χ3v) is 6.36. The molecule has 1 aliphatic heterocycles. The third-order valence-electron chi connectivity index (χ3n) is 5.40. The summed E-state index contributed by atoms with van der Waals surface area (Å²) in [4.78, 5) is 27.6. The monoisotopic (exact) mass is 434 g/mol. The number of nitrogens with zero attached hydrogens (tertiary/aromatic N) is 1. The van der Waals surface area contributed by atoms with Crippen LogP contribution in [-0.2, 0) is 14.3 Å². The highest BCUT2D eigenvalue weighted by molar-refractivity contribution is 8.00. The van der Waals surface area contributed by atoms with Crippen molar-refractivity contribution in [1.82, 2.24) is 0 Å². The summed E-state index contributed by atoms with van der Waals surface area (Å²) in [6.07, 6.45) is 2.45. The van der Waals surface area contributed by atoms with E-state index in [0.29, 0.717) is 0 Å². The molecule has 1 amide bonds. The fourth-order valence-corrected chi connectivity index (χ4v) is 4.48. The molecule has 6 heteroatoms. The van der Waals surface area contributed by atoms with E-state index in [0.717, 1.165) is 40.0 Å². The first-order valence-electron chi connectivity index (χ1n) is 10.5. The van der Waals surface area contributed by atoms with Gasteiger partial charge in [-0.15, -0.1) is 11.8 Å². The maximum atomic E-state index is 12.2. The van der Waals surface area contributed by atoms with Gasteiger partial charge in [-0.2, -0.15) is 0 Å². The lowest BCUT2D eigenvalue weighted by molar-refractivity contribution is -0.144. The first-order chi connectivity index (χ1) is 15.1. The molecule has 1 saturated heterocycles. The van der Waals surface area contributed by atoms with Crippen LogP contribution in [0, 0.1) is 6.92 Å². The van der Waals surface area contributed by atoms with Gasteiger partial charge in [0.1, 0.15) is 0 Å². The van der Waals surface area contributed by atoms with E-state index in [2.05, 4.69) is 28.4 Å². The predicted molar refractivity (Wildman–Crippen MR) is 127 cm³/mol. The van der Waals surface area contributed by atoms with Gasteiger partial charge in [0.25, 0.3) is 5.91 Å². The van der Waals surface area contributed by atoms with Crippen molar-refractivity contribution < 1.29 is 14.3 Å². The van der Waals surface area contributed by atoms with E-state index < -0.39 is 5.97 Å². The van der Waals surface area contributed by atoms with Gasteiger partial charge in [-0.05, 0) is 66.4 Å². The van der Waals surface area contributed by atoms with Gasteiger partial charge in [0, 0.05) is 29.4 Å². The van der Waals surface area contributed by atoms with Crippen molar-refractivity contribution in [1.29, 1.82) is 0 Å².